The second kappa shape index (κ2) is 9.64. The van der Waals surface area contributed by atoms with Crippen LogP contribution in [-0.4, -0.2) is 25.2 Å². The van der Waals surface area contributed by atoms with Gasteiger partial charge in [-0.3, -0.25) is 9.59 Å². The molecule has 0 bridgehead atoms. The first kappa shape index (κ1) is 15.4. The van der Waals surface area contributed by atoms with Crippen molar-refractivity contribution >= 4 is 11.9 Å². The van der Waals surface area contributed by atoms with E-state index in [0.717, 1.165) is 0 Å². The van der Waals surface area contributed by atoms with Crippen LogP contribution in [-0.2, 0) is 19.1 Å². The summed E-state index contributed by atoms with van der Waals surface area (Å²) in [5, 5.41) is 8.25. The maximum atomic E-state index is 11.3. The molecular weight excluding hydrogens is 222 g/mol. The van der Waals surface area contributed by atoms with E-state index >= 15 is 0 Å². The first-order valence-corrected chi connectivity index (χ1v) is 5.81. The molecule has 17 heavy (non-hydrogen) atoms. The monoisotopic (exact) mass is 241 g/mol. The predicted octanol–water partition coefficient (Wildman–Crippen LogP) is 1.81. The van der Waals surface area contributed by atoms with Gasteiger partial charge in [0, 0.05) is 6.42 Å². The van der Waals surface area contributed by atoms with Gasteiger partial charge in [-0.2, -0.15) is 5.26 Å². The van der Waals surface area contributed by atoms with Crippen molar-refractivity contribution in [1.82, 2.24) is 0 Å². The first-order chi connectivity index (χ1) is 8.11. The van der Waals surface area contributed by atoms with Crippen molar-refractivity contribution in [3.8, 4) is 6.07 Å². The van der Waals surface area contributed by atoms with Crippen molar-refractivity contribution in [3.05, 3.63) is 0 Å². The Labute approximate surface area is 102 Å². The summed E-state index contributed by atoms with van der Waals surface area (Å²) in [5.41, 5.74) is 0. The second-order valence-corrected chi connectivity index (χ2v) is 3.67. The molecule has 0 aliphatic rings. The Hall–Kier alpha value is -1.57. The molecule has 0 N–H and O–H groups in total. The van der Waals surface area contributed by atoms with Crippen LogP contribution in [0.3, 0.4) is 0 Å². The number of carbonyl (C=O) groups excluding carboxylic acids is 2. The van der Waals surface area contributed by atoms with E-state index in [1.165, 1.54) is 0 Å². The SMILES string of the molecule is CCOC(=O)C(C)CCCC(=O)OCCC#N. The Morgan fingerprint density at radius 3 is 2.65 bits per heavy atom. The van der Waals surface area contributed by atoms with Crippen LogP contribution in [0.25, 0.3) is 0 Å². The van der Waals surface area contributed by atoms with E-state index in [4.69, 9.17) is 14.7 Å². The number of ether oxygens (including phenoxy) is 2. The summed E-state index contributed by atoms with van der Waals surface area (Å²) < 4.78 is 9.64. The maximum absolute atomic E-state index is 11.3. The van der Waals surface area contributed by atoms with Gasteiger partial charge in [-0.15, -0.1) is 0 Å². The van der Waals surface area contributed by atoms with Crippen LogP contribution in [0, 0.1) is 17.2 Å². The Morgan fingerprint density at radius 1 is 1.35 bits per heavy atom. The highest BCUT2D eigenvalue weighted by Crippen LogP contribution is 2.10. The smallest absolute Gasteiger partial charge is 0.308 e. The van der Waals surface area contributed by atoms with Crippen molar-refractivity contribution in [2.24, 2.45) is 5.92 Å². The lowest BCUT2D eigenvalue weighted by Gasteiger charge is -2.09. The van der Waals surface area contributed by atoms with Crippen LogP contribution in [0.2, 0.25) is 0 Å². The van der Waals surface area contributed by atoms with Crippen molar-refractivity contribution in [1.29, 1.82) is 5.26 Å². The van der Waals surface area contributed by atoms with Crippen molar-refractivity contribution in [2.75, 3.05) is 13.2 Å². The summed E-state index contributed by atoms with van der Waals surface area (Å²) in [6.45, 7) is 4.05. The zero-order chi connectivity index (χ0) is 13.1. The number of hydrogen-bond acceptors (Lipinski definition) is 5. The van der Waals surface area contributed by atoms with Crippen molar-refractivity contribution in [3.63, 3.8) is 0 Å². The molecule has 0 fully saturated rings. The maximum Gasteiger partial charge on any atom is 0.308 e. The molecule has 0 aliphatic carbocycles. The Balaban J connectivity index is 3.59. The summed E-state index contributed by atoms with van der Waals surface area (Å²) in [7, 11) is 0. The van der Waals surface area contributed by atoms with E-state index < -0.39 is 0 Å². The average molecular weight is 241 g/mol. The number of nitrogens with zero attached hydrogens (tertiary/aromatic N) is 1. The molecule has 0 saturated carbocycles. The molecule has 0 aromatic heterocycles. The van der Waals surface area contributed by atoms with E-state index in [-0.39, 0.29) is 37.3 Å². The highest BCUT2D eigenvalue weighted by molar-refractivity contribution is 5.72. The van der Waals surface area contributed by atoms with Gasteiger partial charge in [0.05, 0.1) is 25.0 Å². The van der Waals surface area contributed by atoms with Gasteiger partial charge in [-0.1, -0.05) is 6.92 Å². The average Bonchev–Trinajstić information content (AvgIpc) is 2.29. The van der Waals surface area contributed by atoms with Gasteiger partial charge in [0.1, 0.15) is 6.61 Å². The highest BCUT2D eigenvalue weighted by Gasteiger charge is 2.14. The van der Waals surface area contributed by atoms with Gasteiger partial charge in [-0.05, 0) is 19.8 Å². The Kier molecular flexibility index (Phi) is 8.75. The lowest BCUT2D eigenvalue weighted by Crippen LogP contribution is -2.15. The van der Waals surface area contributed by atoms with E-state index in [1.54, 1.807) is 13.8 Å². The van der Waals surface area contributed by atoms with E-state index in [9.17, 15) is 9.59 Å². The number of hydrogen-bond donors (Lipinski definition) is 0. The fourth-order valence-corrected chi connectivity index (χ4v) is 1.24. The fourth-order valence-electron chi connectivity index (χ4n) is 1.24. The summed E-state index contributed by atoms with van der Waals surface area (Å²) >= 11 is 0. The highest BCUT2D eigenvalue weighted by atomic mass is 16.5. The fraction of sp³-hybridized carbons (Fsp3) is 0.750. The van der Waals surface area contributed by atoms with Gasteiger partial charge in [0.25, 0.3) is 0 Å². The van der Waals surface area contributed by atoms with Crippen LogP contribution in [0.4, 0.5) is 0 Å². The molecule has 0 aromatic rings. The Morgan fingerprint density at radius 2 is 2.06 bits per heavy atom. The first-order valence-electron chi connectivity index (χ1n) is 5.81. The third kappa shape index (κ3) is 8.26. The molecule has 5 heteroatoms. The van der Waals surface area contributed by atoms with Crippen molar-refractivity contribution in [2.45, 2.75) is 39.5 Å². The van der Waals surface area contributed by atoms with Gasteiger partial charge in [0.15, 0.2) is 0 Å². The van der Waals surface area contributed by atoms with Crippen LogP contribution >= 0.6 is 0 Å². The van der Waals surface area contributed by atoms with Crippen molar-refractivity contribution < 1.29 is 19.1 Å². The van der Waals surface area contributed by atoms with Gasteiger partial charge < -0.3 is 9.47 Å². The molecule has 1 unspecified atom stereocenters. The number of nitriles is 1. The third-order valence-electron chi connectivity index (χ3n) is 2.18. The predicted molar refractivity (Wildman–Crippen MR) is 60.8 cm³/mol. The number of rotatable bonds is 8. The minimum atomic E-state index is -0.323. The molecule has 0 amide bonds. The second-order valence-electron chi connectivity index (χ2n) is 3.67. The lowest BCUT2D eigenvalue weighted by molar-refractivity contribution is -0.148. The minimum Gasteiger partial charge on any atom is -0.466 e. The molecular formula is C12H19NO4. The van der Waals surface area contributed by atoms with Crippen LogP contribution in [0.5, 0.6) is 0 Å². The molecule has 0 heterocycles. The number of carbonyl (C=O) groups is 2. The van der Waals surface area contributed by atoms with Crippen LogP contribution in [0.15, 0.2) is 0 Å². The molecule has 0 saturated heterocycles. The summed E-state index contributed by atoms with van der Waals surface area (Å²) in [5.74, 6) is -0.747. The lowest BCUT2D eigenvalue weighted by atomic mass is 10.0. The topological polar surface area (TPSA) is 76.4 Å². The van der Waals surface area contributed by atoms with Gasteiger partial charge in [-0.25, -0.2) is 0 Å². The van der Waals surface area contributed by atoms with Crippen LogP contribution < -0.4 is 0 Å². The van der Waals surface area contributed by atoms with Crippen LogP contribution in [0.1, 0.15) is 39.5 Å². The normalized spacial score (nSPS) is 11.4. The molecule has 96 valence electrons. The Bertz CT molecular complexity index is 283. The van der Waals surface area contributed by atoms with E-state index in [2.05, 4.69) is 0 Å². The molecule has 0 radical (unpaired) electrons. The third-order valence-corrected chi connectivity index (χ3v) is 2.18. The zero-order valence-electron chi connectivity index (χ0n) is 10.4. The minimum absolute atomic E-state index is 0.142. The molecule has 0 aromatic carbocycles. The summed E-state index contributed by atoms with van der Waals surface area (Å²) in [6.07, 6.45) is 1.68. The van der Waals surface area contributed by atoms with Gasteiger partial charge >= 0.3 is 11.9 Å². The van der Waals surface area contributed by atoms with Gasteiger partial charge in [0.2, 0.25) is 0 Å². The molecule has 1 atom stereocenters. The zero-order valence-corrected chi connectivity index (χ0v) is 10.4. The standard InChI is InChI=1S/C12H19NO4/c1-3-16-12(15)10(2)6-4-7-11(14)17-9-5-8-13/h10H,3-7,9H2,1-2H3. The molecule has 0 aliphatic heterocycles. The molecule has 0 rings (SSSR count). The molecule has 0 spiro atoms. The molecule has 5 nitrogen and oxygen atoms in total. The van der Waals surface area contributed by atoms with E-state index in [1.807, 2.05) is 6.07 Å². The summed E-state index contributed by atoms with van der Waals surface area (Å²) in [6, 6.07) is 1.89. The van der Waals surface area contributed by atoms with E-state index in [0.29, 0.717) is 19.4 Å². The summed E-state index contributed by atoms with van der Waals surface area (Å²) in [4.78, 5) is 22.4. The number of esters is 2. The quantitative estimate of drug-likeness (QED) is 0.478. The largest absolute Gasteiger partial charge is 0.466 e.